The average Bonchev–Trinajstić information content (AvgIpc) is 3.27. The van der Waals surface area contributed by atoms with Crippen LogP contribution >= 0.6 is 11.3 Å². The number of imide groups is 1. The summed E-state index contributed by atoms with van der Waals surface area (Å²) < 4.78 is 0. The summed E-state index contributed by atoms with van der Waals surface area (Å²) in [5.74, 6) is -0.718. The Bertz CT molecular complexity index is 896. The van der Waals surface area contributed by atoms with Crippen molar-refractivity contribution in [2.75, 3.05) is 6.54 Å². The van der Waals surface area contributed by atoms with Gasteiger partial charge in [0.15, 0.2) is 5.54 Å². The third-order valence-corrected chi connectivity index (χ3v) is 6.39. The zero-order chi connectivity index (χ0) is 19.0. The number of amides is 4. The summed E-state index contributed by atoms with van der Waals surface area (Å²) >= 11 is 1.40. The topological polar surface area (TPSA) is 78.5 Å². The van der Waals surface area contributed by atoms with Crippen LogP contribution in [0.25, 0.3) is 0 Å². The molecule has 4 amide bonds. The van der Waals surface area contributed by atoms with Crippen LogP contribution in [-0.2, 0) is 21.5 Å². The van der Waals surface area contributed by atoms with Gasteiger partial charge >= 0.3 is 6.03 Å². The van der Waals surface area contributed by atoms with E-state index in [0.717, 1.165) is 34.6 Å². The van der Waals surface area contributed by atoms with Crippen LogP contribution in [0.2, 0.25) is 0 Å². The zero-order valence-electron chi connectivity index (χ0n) is 15.0. The summed E-state index contributed by atoms with van der Waals surface area (Å²) in [6, 6.07) is 11.1. The molecule has 4 rings (SSSR count). The van der Waals surface area contributed by atoms with Crippen molar-refractivity contribution < 1.29 is 14.4 Å². The Labute approximate surface area is 161 Å². The molecule has 2 unspecified atom stereocenters. The molecule has 1 fully saturated rings. The number of carbonyl (C=O) groups excluding carboxylic acids is 3. The summed E-state index contributed by atoms with van der Waals surface area (Å²) in [5, 5.41) is 7.58. The molecule has 6 nitrogen and oxygen atoms in total. The van der Waals surface area contributed by atoms with E-state index in [9.17, 15) is 14.4 Å². The number of rotatable bonds is 4. The Morgan fingerprint density at radius 2 is 2.11 bits per heavy atom. The summed E-state index contributed by atoms with van der Waals surface area (Å²) in [4.78, 5) is 39.5. The minimum atomic E-state index is -1.11. The molecule has 140 valence electrons. The SMILES string of the molecule is CC1(c2cccs2)NC(=O)N(CC(=O)NC2CCCc3ccccc32)C1=O. The van der Waals surface area contributed by atoms with Crippen LogP contribution in [0.5, 0.6) is 0 Å². The maximum atomic E-state index is 12.8. The maximum Gasteiger partial charge on any atom is 0.325 e. The molecular weight excluding hydrogens is 362 g/mol. The number of thiophene rings is 1. The van der Waals surface area contributed by atoms with Gasteiger partial charge in [-0.15, -0.1) is 11.3 Å². The number of carbonyl (C=O) groups is 3. The van der Waals surface area contributed by atoms with Crippen LogP contribution < -0.4 is 10.6 Å². The highest BCUT2D eigenvalue weighted by Crippen LogP contribution is 2.32. The Morgan fingerprint density at radius 3 is 2.89 bits per heavy atom. The molecule has 2 aromatic rings. The molecule has 0 bridgehead atoms. The second kappa shape index (κ2) is 6.81. The summed E-state index contributed by atoms with van der Waals surface area (Å²) in [7, 11) is 0. The van der Waals surface area contributed by atoms with Crippen molar-refractivity contribution in [1.82, 2.24) is 15.5 Å². The fraction of sp³-hybridized carbons (Fsp3) is 0.350. The molecular formula is C20H21N3O3S. The van der Waals surface area contributed by atoms with E-state index in [1.54, 1.807) is 6.92 Å². The van der Waals surface area contributed by atoms with Crippen LogP contribution in [-0.4, -0.2) is 29.3 Å². The molecule has 0 saturated carbocycles. The second-order valence-corrected chi connectivity index (χ2v) is 8.08. The van der Waals surface area contributed by atoms with Gasteiger partial charge in [0.2, 0.25) is 5.91 Å². The largest absolute Gasteiger partial charge is 0.348 e. The van der Waals surface area contributed by atoms with Crippen molar-refractivity contribution in [2.45, 2.75) is 37.8 Å². The van der Waals surface area contributed by atoms with Crippen molar-refractivity contribution in [3.63, 3.8) is 0 Å². The van der Waals surface area contributed by atoms with Gasteiger partial charge < -0.3 is 10.6 Å². The molecule has 2 atom stereocenters. The van der Waals surface area contributed by atoms with E-state index in [0.29, 0.717) is 0 Å². The lowest BCUT2D eigenvalue weighted by Crippen LogP contribution is -2.44. The highest BCUT2D eigenvalue weighted by Gasteiger charge is 2.50. The fourth-order valence-corrected chi connectivity index (χ4v) is 4.69. The van der Waals surface area contributed by atoms with E-state index in [-0.39, 0.29) is 18.5 Å². The maximum absolute atomic E-state index is 12.8. The summed E-state index contributed by atoms with van der Waals surface area (Å²) in [6.07, 6.45) is 2.87. The van der Waals surface area contributed by atoms with E-state index in [1.807, 2.05) is 35.7 Å². The molecule has 1 aromatic heterocycles. The first-order chi connectivity index (χ1) is 13.0. The monoisotopic (exact) mass is 383 g/mol. The number of aryl methyl sites for hydroxylation is 1. The molecule has 0 radical (unpaired) electrons. The zero-order valence-corrected chi connectivity index (χ0v) is 15.8. The highest BCUT2D eigenvalue weighted by molar-refractivity contribution is 7.10. The molecule has 7 heteroatoms. The van der Waals surface area contributed by atoms with Crippen LogP contribution in [0.15, 0.2) is 41.8 Å². The fourth-order valence-electron chi connectivity index (χ4n) is 3.86. The van der Waals surface area contributed by atoms with Gasteiger partial charge in [0.25, 0.3) is 5.91 Å². The van der Waals surface area contributed by atoms with Gasteiger partial charge in [0, 0.05) is 4.88 Å². The van der Waals surface area contributed by atoms with Crippen molar-refractivity contribution in [3.05, 3.63) is 57.8 Å². The highest BCUT2D eigenvalue weighted by atomic mass is 32.1. The first kappa shape index (κ1) is 17.7. The van der Waals surface area contributed by atoms with E-state index >= 15 is 0 Å². The van der Waals surface area contributed by atoms with Crippen molar-refractivity contribution in [3.8, 4) is 0 Å². The predicted octanol–water partition coefficient (Wildman–Crippen LogP) is 2.71. The van der Waals surface area contributed by atoms with Crippen LogP contribution in [0.3, 0.4) is 0 Å². The number of fused-ring (bicyclic) bond motifs is 1. The smallest absolute Gasteiger partial charge is 0.325 e. The number of nitrogens with one attached hydrogen (secondary N) is 2. The number of hydrogen-bond acceptors (Lipinski definition) is 4. The minimum Gasteiger partial charge on any atom is -0.348 e. The molecule has 1 aromatic carbocycles. The number of hydrogen-bond donors (Lipinski definition) is 2. The van der Waals surface area contributed by atoms with Crippen molar-refractivity contribution >= 4 is 29.2 Å². The number of urea groups is 1. The van der Waals surface area contributed by atoms with Gasteiger partial charge in [-0.05, 0) is 48.8 Å². The Balaban J connectivity index is 1.46. The molecule has 0 spiro atoms. The Kier molecular flexibility index (Phi) is 4.47. The van der Waals surface area contributed by atoms with Crippen LogP contribution in [0.1, 0.15) is 41.8 Å². The van der Waals surface area contributed by atoms with Gasteiger partial charge in [0.05, 0.1) is 6.04 Å². The normalized spacial score (nSPS) is 24.5. The standard InChI is InChI=1S/C20H21N3O3S/c1-20(16-10-5-11-27-16)18(25)23(19(26)22-20)12-17(24)21-15-9-4-7-13-6-2-3-8-14(13)15/h2-3,5-6,8,10-11,15H,4,7,9,12H2,1H3,(H,21,24)(H,22,26). The third-order valence-electron chi connectivity index (χ3n) is 5.30. The van der Waals surface area contributed by atoms with Gasteiger partial charge in [-0.25, -0.2) is 4.79 Å². The lowest BCUT2D eigenvalue weighted by Gasteiger charge is -2.27. The van der Waals surface area contributed by atoms with E-state index in [2.05, 4.69) is 16.7 Å². The molecule has 2 N–H and O–H groups in total. The molecule has 1 aliphatic heterocycles. The lowest BCUT2D eigenvalue weighted by atomic mass is 9.88. The molecule has 27 heavy (non-hydrogen) atoms. The molecule has 1 saturated heterocycles. The quantitative estimate of drug-likeness (QED) is 0.797. The van der Waals surface area contributed by atoms with Gasteiger partial charge in [0.1, 0.15) is 6.54 Å². The van der Waals surface area contributed by atoms with E-state index < -0.39 is 17.5 Å². The average molecular weight is 383 g/mol. The van der Waals surface area contributed by atoms with E-state index in [4.69, 9.17) is 0 Å². The van der Waals surface area contributed by atoms with E-state index in [1.165, 1.54) is 16.9 Å². The Hall–Kier alpha value is -2.67. The van der Waals surface area contributed by atoms with Crippen LogP contribution in [0, 0.1) is 0 Å². The molecule has 1 aliphatic carbocycles. The summed E-state index contributed by atoms with van der Waals surface area (Å²) in [6.45, 7) is 1.40. The van der Waals surface area contributed by atoms with Gasteiger partial charge in [-0.3, -0.25) is 14.5 Å². The first-order valence-electron chi connectivity index (χ1n) is 9.04. The second-order valence-electron chi connectivity index (χ2n) is 7.13. The third kappa shape index (κ3) is 3.12. The number of benzene rings is 1. The Morgan fingerprint density at radius 1 is 1.30 bits per heavy atom. The molecule has 2 heterocycles. The lowest BCUT2D eigenvalue weighted by molar-refractivity contribution is -0.135. The predicted molar refractivity (Wildman–Crippen MR) is 102 cm³/mol. The number of nitrogens with zero attached hydrogens (tertiary/aromatic N) is 1. The van der Waals surface area contributed by atoms with Gasteiger partial charge in [-0.2, -0.15) is 0 Å². The molecule has 2 aliphatic rings. The van der Waals surface area contributed by atoms with Crippen LogP contribution in [0.4, 0.5) is 4.79 Å². The van der Waals surface area contributed by atoms with Gasteiger partial charge in [-0.1, -0.05) is 30.3 Å². The summed E-state index contributed by atoms with van der Waals surface area (Å²) in [5.41, 5.74) is 1.26. The van der Waals surface area contributed by atoms with Crippen molar-refractivity contribution in [2.24, 2.45) is 0 Å². The minimum absolute atomic E-state index is 0.0769. The first-order valence-corrected chi connectivity index (χ1v) is 9.92. The van der Waals surface area contributed by atoms with Crippen molar-refractivity contribution in [1.29, 1.82) is 0 Å².